The van der Waals surface area contributed by atoms with Gasteiger partial charge in [0.25, 0.3) is 4.87 Å². The summed E-state index contributed by atoms with van der Waals surface area (Å²) in [5, 5.41) is 16.9. The van der Waals surface area contributed by atoms with Crippen molar-refractivity contribution in [1.82, 2.24) is 0 Å². The van der Waals surface area contributed by atoms with Crippen molar-refractivity contribution in [2.75, 3.05) is 7.11 Å². The Morgan fingerprint density at radius 1 is 1.42 bits per heavy atom. The first-order valence-electron chi connectivity index (χ1n) is 2.70. The normalized spacial score (nSPS) is 13.9. The monoisotopic (exact) mass is 216 g/mol. The van der Waals surface area contributed by atoms with Gasteiger partial charge in [-0.05, 0) is 0 Å². The Bertz CT molecular complexity index is 190. The van der Waals surface area contributed by atoms with Crippen LogP contribution < -0.4 is 0 Å². The van der Waals surface area contributed by atoms with Gasteiger partial charge in [-0.25, -0.2) is 9.59 Å². The second-order valence-corrected chi connectivity index (χ2v) is 2.87. The van der Waals surface area contributed by atoms with Crippen LogP contribution in [0.1, 0.15) is 0 Å². The zero-order valence-electron chi connectivity index (χ0n) is 5.95. The van der Waals surface area contributed by atoms with Crippen LogP contribution in [-0.2, 0) is 14.3 Å². The van der Waals surface area contributed by atoms with Gasteiger partial charge in [0, 0.05) is 7.11 Å². The molecule has 0 aromatic carbocycles. The van der Waals surface area contributed by atoms with E-state index in [0.29, 0.717) is 0 Å². The van der Waals surface area contributed by atoms with Crippen molar-refractivity contribution in [3.8, 4) is 0 Å². The third kappa shape index (κ3) is 1.80. The molecular formula is C5H6Cl2O5. The summed E-state index contributed by atoms with van der Waals surface area (Å²) in [7, 11) is 1.06. The molecule has 0 aromatic rings. The van der Waals surface area contributed by atoms with E-state index in [9.17, 15) is 9.59 Å². The highest BCUT2D eigenvalue weighted by Crippen LogP contribution is 2.26. The number of methoxy groups -OCH3 is 1. The van der Waals surface area contributed by atoms with Gasteiger partial charge in [-0.15, -0.1) is 0 Å². The number of aliphatic carboxylic acids is 2. The molecular weight excluding hydrogens is 211 g/mol. The van der Waals surface area contributed by atoms with Crippen molar-refractivity contribution in [2.24, 2.45) is 0 Å². The average molecular weight is 217 g/mol. The Morgan fingerprint density at radius 3 is 1.83 bits per heavy atom. The molecule has 0 aliphatic rings. The number of rotatable bonds is 4. The minimum Gasteiger partial charge on any atom is -0.479 e. The SMILES string of the molecule is COC(Cl)C(Cl)(C(=O)O)C(=O)O. The van der Waals surface area contributed by atoms with E-state index < -0.39 is 22.4 Å². The van der Waals surface area contributed by atoms with E-state index in [1.165, 1.54) is 0 Å². The molecule has 0 aliphatic carbocycles. The van der Waals surface area contributed by atoms with Gasteiger partial charge >= 0.3 is 11.9 Å². The van der Waals surface area contributed by atoms with Gasteiger partial charge in [-0.2, -0.15) is 0 Å². The van der Waals surface area contributed by atoms with Gasteiger partial charge in [-0.1, -0.05) is 23.2 Å². The second kappa shape index (κ2) is 3.93. The summed E-state index contributed by atoms with van der Waals surface area (Å²) in [6.45, 7) is 0. The molecule has 7 heteroatoms. The molecule has 5 nitrogen and oxygen atoms in total. The molecule has 0 aliphatic heterocycles. The largest absolute Gasteiger partial charge is 0.479 e. The Hall–Kier alpha value is -0.520. The number of carbonyl (C=O) groups is 2. The summed E-state index contributed by atoms with van der Waals surface area (Å²) in [6, 6.07) is 0. The zero-order chi connectivity index (χ0) is 9.94. The van der Waals surface area contributed by atoms with E-state index >= 15 is 0 Å². The molecule has 0 aromatic heterocycles. The molecule has 70 valence electrons. The topological polar surface area (TPSA) is 83.8 Å². The maximum Gasteiger partial charge on any atom is 0.340 e. The quantitative estimate of drug-likeness (QED) is 0.524. The molecule has 0 fully saturated rings. The van der Waals surface area contributed by atoms with E-state index in [4.69, 9.17) is 33.4 Å². The van der Waals surface area contributed by atoms with Crippen LogP contribution in [0.2, 0.25) is 0 Å². The Kier molecular flexibility index (Phi) is 3.76. The lowest BCUT2D eigenvalue weighted by atomic mass is 10.1. The number of hydrogen-bond donors (Lipinski definition) is 2. The highest BCUT2D eigenvalue weighted by Gasteiger charge is 2.52. The maximum absolute atomic E-state index is 10.4. The highest BCUT2D eigenvalue weighted by atomic mass is 35.5. The fourth-order valence-electron chi connectivity index (χ4n) is 0.448. The van der Waals surface area contributed by atoms with Crippen molar-refractivity contribution in [3.63, 3.8) is 0 Å². The maximum atomic E-state index is 10.4. The number of alkyl halides is 2. The lowest BCUT2D eigenvalue weighted by Crippen LogP contribution is -2.49. The van der Waals surface area contributed by atoms with Crippen LogP contribution in [-0.4, -0.2) is 39.7 Å². The molecule has 12 heavy (non-hydrogen) atoms. The van der Waals surface area contributed by atoms with Gasteiger partial charge in [0.15, 0.2) is 5.56 Å². The summed E-state index contributed by atoms with van der Waals surface area (Å²) in [6.07, 6.45) is 0. The van der Waals surface area contributed by atoms with E-state index in [-0.39, 0.29) is 0 Å². The Balaban J connectivity index is 4.87. The van der Waals surface area contributed by atoms with Gasteiger partial charge in [0.05, 0.1) is 0 Å². The third-order valence-corrected chi connectivity index (χ3v) is 2.28. The molecule has 0 bridgehead atoms. The summed E-state index contributed by atoms with van der Waals surface area (Å²) in [4.78, 5) is 18.1. The summed E-state index contributed by atoms with van der Waals surface area (Å²) >= 11 is 10.5. The smallest absolute Gasteiger partial charge is 0.340 e. The minimum atomic E-state index is -2.64. The van der Waals surface area contributed by atoms with Crippen molar-refractivity contribution in [3.05, 3.63) is 0 Å². The van der Waals surface area contributed by atoms with Gasteiger partial charge in [0.2, 0.25) is 0 Å². The van der Waals surface area contributed by atoms with Crippen molar-refractivity contribution in [2.45, 2.75) is 10.4 Å². The van der Waals surface area contributed by atoms with Crippen LogP contribution >= 0.6 is 23.2 Å². The first-order valence-corrected chi connectivity index (χ1v) is 3.51. The van der Waals surface area contributed by atoms with Crippen molar-refractivity contribution in [1.29, 1.82) is 0 Å². The van der Waals surface area contributed by atoms with Crippen LogP contribution in [0.15, 0.2) is 0 Å². The Labute approximate surface area is 77.8 Å². The highest BCUT2D eigenvalue weighted by molar-refractivity contribution is 6.48. The van der Waals surface area contributed by atoms with Crippen LogP contribution in [0, 0.1) is 0 Å². The van der Waals surface area contributed by atoms with Gasteiger partial charge in [-0.3, -0.25) is 0 Å². The molecule has 1 unspecified atom stereocenters. The lowest BCUT2D eigenvalue weighted by molar-refractivity contribution is -0.155. The van der Waals surface area contributed by atoms with E-state index in [2.05, 4.69) is 4.74 Å². The average Bonchev–Trinajstić information content (AvgIpc) is 2.00. The van der Waals surface area contributed by atoms with E-state index in [1.807, 2.05) is 0 Å². The predicted octanol–water partition coefficient (Wildman–Crippen LogP) is 0.345. The summed E-state index contributed by atoms with van der Waals surface area (Å²) in [5.41, 5.74) is -1.63. The minimum absolute atomic E-state index is 1.06. The number of carboxylic acid groups (broad SMARTS) is 2. The fraction of sp³-hybridized carbons (Fsp3) is 0.600. The molecule has 1 atom stereocenters. The number of ether oxygens (including phenoxy) is 1. The van der Waals surface area contributed by atoms with Crippen LogP contribution in [0.25, 0.3) is 0 Å². The third-order valence-electron chi connectivity index (χ3n) is 1.14. The molecule has 0 spiro atoms. The molecule has 0 rings (SSSR count). The molecule has 0 saturated heterocycles. The molecule has 2 N–H and O–H groups in total. The number of hydrogen-bond acceptors (Lipinski definition) is 3. The predicted molar refractivity (Wildman–Crippen MR) is 40.5 cm³/mol. The van der Waals surface area contributed by atoms with Crippen LogP contribution in [0.4, 0.5) is 0 Å². The summed E-state index contributed by atoms with van der Waals surface area (Å²) in [5.74, 6) is -3.53. The molecule has 0 heterocycles. The molecule has 0 radical (unpaired) electrons. The molecule has 0 amide bonds. The lowest BCUT2D eigenvalue weighted by Gasteiger charge is -2.20. The molecule has 0 saturated carbocycles. The number of halogens is 2. The number of carboxylic acids is 2. The van der Waals surface area contributed by atoms with Crippen molar-refractivity contribution < 1.29 is 24.5 Å². The van der Waals surface area contributed by atoms with Gasteiger partial charge < -0.3 is 14.9 Å². The van der Waals surface area contributed by atoms with Crippen LogP contribution in [0.3, 0.4) is 0 Å². The fourth-order valence-corrected chi connectivity index (χ4v) is 0.724. The van der Waals surface area contributed by atoms with E-state index in [1.54, 1.807) is 0 Å². The van der Waals surface area contributed by atoms with Gasteiger partial charge in [0.1, 0.15) is 0 Å². The summed E-state index contributed by atoms with van der Waals surface area (Å²) < 4.78 is 4.31. The first kappa shape index (κ1) is 11.5. The standard InChI is InChI=1S/C5H6Cl2O5/c1-12-2(6)5(7,3(8)9)4(10)11/h2H,1H3,(H,8,9)(H,10,11). The van der Waals surface area contributed by atoms with E-state index in [0.717, 1.165) is 7.11 Å². The van der Waals surface area contributed by atoms with Crippen molar-refractivity contribution >= 4 is 35.1 Å². The zero-order valence-corrected chi connectivity index (χ0v) is 7.46. The second-order valence-electron chi connectivity index (χ2n) is 1.87. The first-order chi connectivity index (χ1) is 5.37. The van der Waals surface area contributed by atoms with Crippen LogP contribution in [0.5, 0.6) is 0 Å². The Morgan fingerprint density at radius 2 is 1.75 bits per heavy atom.